The maximum absolute atomic E-state index is 13.4. The summed E-state index contributed by atoms with van der Waals surface area (Å²) >= 11 is 4.86. The quantitative estimate of drug-likeness (QED) is 0.0849. The van der Waals surface area contributed by atoms with Gasteiger partial charge < -0.3 is 31.5 Å². The number of anilines is 1. The Labute approximate surface area is 249 Å². The number of nitrogens with zero attached hydrogens (tertiary/aromatic N) is 5. The highest BCUT2D eigenvalue weighted by molar-refractivity contribution is 8.02. The number of aliphatic carboxylic acids is 1. The highest BCUT2D eigenvalue weighted by atomic mass is 35.5. The first-order valence-electron chi connectivity index (χ1n) is 11.0. The number of nitrogen functional groups attached to an aromatic ring is 1. The van der Waals surface area contributed by atoms with Crippen LogP contribution in [0.2, 0.25) is 0 Å². The SMILES string of the molecule is COC(=O)C(N)CO/N=C(\C(=O)NC1S[C@H]2CC(=O)N2C(C(=O)O)=C1CSc1nnc(C)s1)c1csc(N)n1.Cl. The van der Waals surface area contributed by atoms with Gasteiger partial charge in [0.15, 0.2) is 15.2 Å². The van der Waals surface area contributed by atoms with Crippen molar-refractivity contribution in [1.82, 2.24) is 25.4 Å². The van der Waals surface area contributed by atoms with Crippen LogP contribution in [0.5, 0.6) is 0 Å². The van der Waals surface area contributed by atoms with E-state index in [-0.39, 0.29) is 59.3 Å². The first kappa shape index (κ1) is 31.6. The number of thiazole rings is 1. The Hall–Kier alpha value is -2.97. The summed E-state index contributed by atoms with van der Waals surface area (Å²) in [5, 5.41) is 25.7. The highest BCUT2D eigenvalue weighted by Crippen LogP contribution is 2.44. The summed E-state index contributed by atoms with van der Waals surface area (Å²) in [4.78, 5) is 60.0. The number of aryl methyl sites for hydroxylation is 1. The molecular weight excluding hydrogens is 628 g/mol. The van der Waals surface area contributed by atoms with E-state index in [1.54, 1.807) is 6.92 Å². The number of nitrogens with one attached hydrogen (secondary N) is 1. The number of carbonyl (C=O) groups excluding carboxylic acids is 3. The van der Waals surface area contributed by atoms with Gasteiger partial charge in [-0.1, -0.05) is 28.3 Å². The van der Waals surface area contributed by atoms with Crippen LogP contribution in [0, 0.1) is 6.92 Å². The number of carboxylic acids is 1. The number of carboxylic acid groups (broad SMARTS) is 1. The summed E-state index contributed by atoms with van der Waals surface area (Å²) in [5.41, 5.74) is 11.3. The van der Waals surface area contributed by atoms with Gasteiger partial charge in [0.2, 0.25) is 5.91 Å². The molecule has 0 saturated carbocycles. The lowest BCUT2D eigenvalue weighted by Crippen LogP contribution is -2.58. The van der Waals surface area contributed by atoms with Crippen LogP contribution >= 0.6 is 58.6 Å². The van der Waals surface area contributed by atoms with E-state index >= 15 is 0 Å². The van der Waals surface area contributed by atoms with Gasteiger partial charge in [0, 0.05) is 16.7 Å². The Bertz CT molecular complexity index is 1370. The fourth-order valence-electron chi connectivity index (χ4n) is 3.45. The van der Waals surface area contributed by atoms with Crippen molar-refractivity contribution in [1.29, 1.82) is 0 Å². The number of rotatable bonds is 11. The molecular formula is C20H23ClN8O7S4. The number of halogens is 1. The Kier molecular flexibility index (Phi) is 10.7. The number of oxime groups is 1. The van der Waals surface area contributed by atoms with Crippen molar-refractivity contribution < 1.29 is 33.9 Å². The summed E-state index contributed by atoms with van der Waals surface area (Å²) in [6.45, 7) is 1.41. The summed E-state index contributed by atoms with van der Waals surface area (Å²) in [5.74, 6) is -2.97. The van der Waals surface area contributed by atoms with Crippen molar-refractivity contribution in [2.45, 2.75) is 34.5 Å². The third-order valence-electron chi connectivity index (χ3n) is 5.28. The van der Waals surface area contributed by atoms with E-state index in [0.717, 1.165) is 16.3 Å². The number of esters is 1. The van der Waals surface area contributed by atoms with E-state index in [1.807, 2.05) is 0 Å². The van der Waals surface area contributed by atoms with Crippen LogP contribution in [0.1, 0.15) is 17.1 Å². The lowest BCUT2D eigenvalue weighted by Gasteiger charge is -2.46. The van der Waals surface area contributed by atoms with Crippen LogP contribution in [-0.2, 0) is 28.8 Å². The average molecular weight is 651 g/mol. The van der Waals surface area contributed by atoms with Crippen LogP contribution in [0.15, 0.2) is 26.1 Å². The number of hydrogen-bond donors (Lipinski definition) is 4. The molecule has 2 unspecified atom stereocenters. The molecule has 2 amide bonds. The number of fused-ring (bicyclic) bond motifs is 1. The van der Waals surface area contributed by atoms with Crippen LogP contribution in [-0.4, -0.2) is 90.9 Å². The molecule has 2 aliphatic heterocycles. The Morgan fingerprint density at radius 2 is 2.12 bits per heavy atom. The second kappa shape index (κ2) is 13.6. The topological polar surface area (TPSA) is 225 Å². The van der Waals surface area contributed by atoms with Gasteiger partial charge >= 0.3 is 11.9 Å². The lowest BCUT2D eigenvalue weighted by molar-refractivity contribution is -0.146. The van der Waals surface area contributed by atoms with Crippen LogP contribution in [0.4, 0.5) is 5.13 Å². The van der Waals surface area contributed by atoms with Gasteiger partial charge in [-0.25, -0.2) is 9.78 Å². The molecule has 0 bridgehead atoms. The maximum atomic E-state index is 13.4. The number of thioether (sulfide) groups is 2. The molecule has 216 valence electrons. The number of ether oxygens (including phenoxy) is 1. The number of methoxy groups -OCH3 is 1. The molecule has 15 nitrogen and oxygen atoms in total. The number of hydrogen-bond acceptors (Lipinski definition) is 16. The Morgan fingerprint density at radius 3 is 2.70 bits per heavy atom. The molecule has 0 radical (unpaired) electrons. The van der Waals surface area contributed by atoms with Gasteiger partial charge in [-0.15, -0.1) is 45.7 Å². The third-order valence-corrected chi connectivity index (χ3v) is 9.34. The van der Waals surface area contributed by atoms with Gasteiger partial charge in [-0.05, 0) is 6.92 Å². The highest BCUT2D eigenvalue weighted by Gasteiger charge is 2.49. The third kappa shape index (κ3) is 7.02. The molecule has 0 spiro atoms. The molecule has 4 heterocycles. The zero-order chi connectivity index (χ0) is 28.3. The van der Waals surface area contributed by atoms with Crippen molar-refractivity contribution >= 4 is 93.2 Å². The van der Waals surface area contributed by atoms with Gasteiger partial charge in [-0.3, -0.25) is 19.3 Å². The molecule has 2 aromatic rings. The molecule has 20 heteroatoms. The Balaban J connectivity index is 0.00000441. The van der Waals surface area contributed by atoms with Crippen molar-refractivity contribution in [3.63, 3.8) is 0 Å². The smallest absolute Gasteiger partial charge is 0.352 e. The number of amides is 2. The van der Waals surface area contributed by atoms with E-state index < -0.39 is 34.6 Å². The van der Waals surface area contributed by atoms with Crippen molar-refractivity contribution in [3.05, 3.63) is 27.4 Å². The summed E-state index contributed by atoms with van der Waals surface area (Å²) in [6, 6.07) is -1.15. The second-order valence-corrected chi connectivity index (χ2v) is 12.5. The number of nitrogens with two attached hydrogens (primary N) is 2. The van der Waals surface area contributed by atoms with Crippen LogP contribution in [0.3, 0.4) is 0 Å². The molecule has 3 atom stereocenters. The average Bonchev–Trinajstić information content (AvgIpc) is 3.51. The minimum Gasteiger partial charge on any atom is -0.477 e. The molecule has 1 fully saturated rings. The fraction of sp³-hybridized carbons (Fsp3) is 0.400. The van der Waals surface area contributed by atoms with Gasteiger partial charge in [0.05, 0.1) is 18.9 Å². The molecule has 1 saturated heterocycles. The van der Waals surface area contributed by atoms with Crippen LogP contribution in [0.25, 0.3) is 0 Å². The summed E-state index contributed by atoms with van der Waals surface area (Å²) in [6.07, 6.45) is 0.127. The first-order chi connectivity index (χ1) is 18.6. The molecule has 40 heavy (non-hydrogen) atoms. The fourth-order valence-corrected chi connectivity index (χ4v) is 7.41. The minimum atomic E-state index is -1.29. The van der Waals surface area contributed by atoms with Crippen molar-refractivity contribution in [2.24, 2.45) is 10.9 Å². The largest absolute Gasteiger partial charge is 0.477 e. The number of aromatic nitrogens is 3. The van der Waals surface area contributed by atoms with Crippen LogP contribution < -0.4 is 16.8 Å². The van der Waals surface area contributed by atoms with E-state index in [0.29, 0.717) is 9.91 Å². The van der Waals surface area contributed by atoms with Crippen molar-refractivity contribution in [3.8, 4) is 0 Å². The molecule has 0 aliphatic carbocycles. The van der Waals surface area contributed by atoms with Crippen molar-refractivity contribution in [2.75, 3.05) is 25.2 Å². The standard InChI is InChI=1S/C20H22N8O7S4.ClH/c1-7-25-26-20(38-7)37-5-8-14(17(31)32)28-11(29)3-12(28)39-16(8)24-15(30)13(10-6-36-19(22)23-10)27-35-4-9(21)18(33)34-2;/h6,9,12,16H,3-5,21H2,1-2H3,(H2,22,23)(H,24,30)(H,31,32);1H/b27-13-;/t9?,12-,16?;/m0./s1. The van der Waals surface area contributed by atoms with E-state index in [9.17, 15) is 24.3 Å². The lowest BCUT2D eigenvalue weighted by atomic mass is 10.1. The predicted octanol–water partition coefficient (Wildman–Crippen LogP) is 0.407. The predicted molar refractivity (Wildman–Crippen MR) is 151 cm³/mol. The Morgan fingerprint density at radius 1 is 1.38 bits per heavy atom. The summed E-state index contributed by atoms with van der Waals surface area (Å²) < 4.78 is 5.15. The molecule has 2 aliphatic rings. The van der Waals surface area contributed by atoms with E-state index in [1.165, 1.54) is 52.3 Å². The normalized spacial score (nSPS) is 19.2. The number of carbonyl (C=O) groups is 4. The maximum Gasteiger partial charge on any atom is 0.352 e. The van der Waals surface area contributed by atoms with E-state index in [2.05, 4.69) is 30.4 Å². The second-order valence-electron chi connectivity index (χ2n) is 7.90. The molecule has 0 aromatic carbocycles. The number of β-lactam (4-membered cyclic amide) rings is 1. The molecule has 2 aromatic heterocycles. The van der Waals surface area contributed by atoms with Gasteiger partial charge in [0.25, 0.3) is 5.91 Å². The molecule has 4 rings (SSSR count). The molecule has 6 N–H and O–H groups in total. The summed E-state index contributed by atoms with van der Waals surface area (Å²) in [7, 11) is 1.17. The van der Waals surface area contributed by atoms with E-state index in [4.69, 9.17) is 16.3 Å². The minimum absolute atomic E-state index is 0. The zero-order valence-electron chi connectivity index (χ0n) is 20.8. The monoisotopic (exact) mass is 650 g/mol. The van der Waals surface area contributed by atoms with Gasteiger partial charge in [0.1, 0.15) is 34.4 Å². The zero-order valence-corrected chi connectivity index (χ0v) is 24.8. The van der Waals surface area contributed by atoms with Gasteiger partial charge in [-0.2, -0.15) is 0 Å². The first-order valence-corrected chi connectivity index (χ1v) is 14.6.